The number of fused-ring (bicyclic) bond motifs is 9. The molecule has 6 nitrogen and oxygen atoms in total. The SMILES string of the molecule is Cc1cc2cnc3ccccc3ncc3cc(C)cc(c3O)c3ccc4ccc5ccc(nc5c4n3)c(c1)c2O. The molecule has 0 saturated heterocycles. The van der Waals surface area contributed by atoms with Gasteiger partial charge in [0.05, 0.1) is 33.1 Å². The number of pyridine rings is 2. The summed E-state index contributed by atoms with van der Waals surface area (Å²) in [5.74, 6) is 0.208. The van der Waals surface area contributed by atoms with Crippen LogP contribution in [-0.2, 0) is 0 Å². The van der Waals surface area contributed by atoms with E-state index in [0.29, 0.717) is 43.6 Å². The second kappa shape index (κ2) is 9.13. The van der Waals surface area contributed by atoms with E-state index < -0.39 is 0 Å². The monoisotopic (exact) mass is 520 g/mol. The zero-order chi connectivity index (χ0) is 27.4. The summed E-state index contributed by atoms with van der Waals surface area (Å²) < 4.78 is 0. The first kappa shape index (κ1) is 23.7. The van der Waals surface area contributed by atoms with Gasteiger partial charge in [-0.15, -0.1) is 0 Å². The van der Waals surface area contributed by atoms with Gasteiger partial charge in [0.1, 0.15) is 11.5 Å². The first-order chi connectivity index (χ1) is 19.4. The average Bonchev–Trinajstić information content (AvgIpc) is 2.97. The third kappa shape index (κ3) is 3.98. The van der Waals surface area contributed by atoms with Gasteiger partial charge in [-0.1, -0.05) is 36.4 Å². The molecule has 192 valence electrons. The van der Waals surface area contributed by atoms with Crippen LogP contribution in [0.1, 0.15) is 11.1 Å². The molecule has 7 rings (SSSR count). The lowest BCUT2D eigenvalue weighted by Gasteiger charge is -2.07. The molecule has 3 aromatic heterocycles. The number of phenolic OH excluding ortho intramolecular Hbond substituents is 2. The predicted molar refractivity (Wildman–Crippen MR) is 162 cm³/mol. The van der Waals surface area contributed by atoms with Gasteiger partial charge >= 0.3 is 0 Å². The molecule has 0 saturated carbocycles. The van der Waals surface area contributed by atoms with Crippen LogP contribution in [0.15, 0.2) is 97.3 Å². The summed E-state index contributed by atoms with van der Waals surface area (Å²) in [6, 6.07) is 27.0. The molecule has 4 aromatic carbocycles. The van der Waals surface area contributed by atoms with Gasteiger partial charge in [-0.2, -0.15) is 0 Å². The molecule has 0 atom stereocenters. The van der Waals surface area contributed by atoms with E-state index in [0.717, 1.165) is 32.9 Å². The summed E-state index contributed by atoms with van der Waals surface area (Å²) in [4.78, 5) is 19.4. The largest absolute Gasteiger partial charge is 0.507 e. The van der Waals surface area contributed by atoms with E-state index >= 15 is 0 Å². The highest BCUT2D eigenvalue weighted by molar-refractivity contribution is 6.07. The van der Waals surface area contributed by atoms with Crippen LogP contribution in [0.3, 0.4) is 0 Å². The maximum Gasteiger partial charge on any atom is 0.133 e. The topological polar surface area (TPSA) is 92.0 Å². The first-order valence-electron chi connectivity index (χ1n) is 13.0. The molecular weight excluding hydrogens is 496 g/mol. The Morgan fingerprint density at radius 3 is 1.35 bits per heavy atom. The van der Waals surface area contributed by atoms with Gasteiger partial charge in [0.25, 0.3) is 0 Å². The maximum atomic E-state index is 11.3. The fraction of sp³-hybridized carbons (Fsp3) is 0.0588. The molecule has 0 fully saturated rings. The van der Waals surface area contributed by atoms with Crippen LogP contribution in [-0.4, -0.2) is 30.1 Å². The van der Waals surface area contributed by atoms with Crippen LogP contribution < -0.4 is 0 Å². The molecule has 0 aliphatic rings. The Kier molecular flexibility index (Phi) is 5.42. The van der Waals surface area contributed by atoms with Crippen molar-refractivity contribution in [2.24, 2.45) is 0 Å². The molecule has 3 heterocycles. The number of hydrogen-bond donors (Lipinski definition) is 2. The molecular formula is C34H24N4O2. The van der Waals surface area contributed by atoms with Crippen molar-refractivity contribution in [2.75, 3.05) is 0 Å². The molecule has 6 heteroatoms. The van der Waals surface area contributed by atoms with E-state index in [-0.39, 0.29) is 11.5 Å². The minimum absolute atomic E-state index is 0.104. The Morgan fingerprint density at radius 2 is 0.900 bits per heavy atom. The Morgan fingerprint density at radius 1 is 0.475 bits per heavy atom. The van der Waals surface area contributed by atoms with Gasteiger partial charge in [-0.05, 0) is 73.5 Å². The van der Waals surface area contributed by atoms with Gasteiger partial charge in [-0.3, -0.25) is 9.97 Å². The van der Waals surface area contributed by atoms with Crippen molar-refractivity contribution in [1.29, 1.82) is 0 Å². The van der Waals surface area contributed by atoms with Crippen LogP contribution in [0.5, 0.6) is 11.5 Å². The first-order valence-corrected chi connectivity index (χ1v) is 13.0. The molecule has 0 radical (unpaired) electrons. The van der Waals surface area contributed by atoms with Gasteiger partial charge in [0.2, 0.25) is 0 Å². The zero-order valence-electron chi connectivity index (χ0n) is 21.9. The van der Waals surface area contributed by atoms with E-state index in [2.05, 4.69) is 9.97 Å². The number of rotatable bonds is 0. The lowest BCUT2D eigenvalue weighted by molar-refractivity contribution is 0.486. The second-order valence-electron chi connectivity index (χ2n) is 10.1. The molecule has 0 spiro atoms. The highest BCUT2D eigenvalue weighted by atomic mass is 16.3. The van der Waals surface area contributed by atoms with Crippen LogP contribution >= 0.6 is 0 Å². The molecule has 7 aromatic rings. The Balaban J connectivity index is 1.75. The van der Waals surface area contributed by atoms with E-state index in [4.69, 9.17) is 9.97 Å². The number of hydrogen-bond acceptors (Lipinski definition) is 6. The summed E-state index contributed by atoms with van der Waals surface area (Å²) in [5.41, 5.74) is 5.92. The van der Waals surface area contributed by atoms with Crippen LogP contribution in [0, 0.1) is 13.8 Å². The predicted octanol–water partition coefficient (Wildman–Crippen LogP) is 7.90. The summed E-state index contributed by atoms with van der Waals surface area (Å²) in [7, 11) is 0. The molecule has 0 aliphatic carbocycles. The Bertz CT molecular complexity index is 2120. The smallest absolute Gasteiger partial charge is 0.133 e. The van der Waals surface area contributed by atoms with Gasteiger partial charge in [0, 0.05) is 44.7 Å². The van der Waals surface area contributed by atoms with Gasteiger partial charge in [-0.25, -0.2) is 9.97 Å². The standard InChI is InChI=1S/C34H24N4O2/c1-19-13-23-17-35-29-5-3-4-6-30(29)36-18-24-14-20(2)16-26(34(24)40)28-12-10-22-8-7-21-9-11-27(25(15-19)33(23)39)37-31(21)32(22)38-28/h3-18,39-40H,1-2H3. The number of para-hydroxylation sites is 2. The van der Waals surface area contributed by atoms with Gasteiger partial charge in [0.15, 0.2) is 0 Å². The summed E-state index contributed by atoms with van der Waals surface area (Å²) in [6.45, 7) is 3.97. The average molecular weight is 521 g/mol. The maximum absolute atomic E-state index is 11.3. The molecule has 8 bridgehead atoms. The van der Waals surface area contributed by atoms with Crippen LogP contribution in [0.4, 0.5) is 0 Å². The fourth-order valence-corrected chi connectivity index (χ4v) is 5.23. The van der Waals surface area contributed by atoms with Crippen molar-refractivity contribution in [3.63, 3.8) is 0 Å². The van der Waals surface area contributed by atoms with Gasteiger partial charge < -0.3 is 10.2 Å². The van der Waals surface area contributed by atoms with E-state index in [1.54, 1.807) is 12.4 Å². The highest BCUT2D eigenvalue weighted by Gasteiger charge is 2.10. The second-order valence-corrected chi connectivity index (χ2v) is 10.1. The summed E-state index contributed by atoms with van der Waals surface area (Å²) in [5, 5.41) is 26.9. The van der Waals surface area contributed by atoms with E-state index in [9.17, 15) is 10.2 Å². The van der Waals surface area contributed by atoms with Crippen molar-refractivity contribution in [3.05, 3.63) is 108 Å². The minimum atomic E-state index is 0.104. The number of aromatic hydroxyl groups is 2. The molecule has 0 unspecified atom stereocenters. The van der Waals surface area contributed by atoms with Crippen LogP contribution in [0.2, 0.25) is 0 Å². The Hall–Kier alpha value is -5.36. The minimum Gasteiger partial charge on any atom is -0.507 e. The number of benzene rings is 4. The lowest BCUT2D eigenvalue weighted by Crippen LogP contribution is -1.88. The number of phenols is 2. The Labute approximate surface area is 229 Å². The quantitative estimate of drug-likeness (QED) is 0.198. The highest BCUT2D eigenvalue weighted by Crippen LogP contribution is 2.33. The molecule has 2 N–H and O–H groups in total. The van der Waals surface area contributed by atoms with Crippen LogP contribution in [0.25, 0.3) is 65.4 Å². The summed E-state index contributed by atoms with van der Waals surface area (Å²) in [6.07, 6.45) is 3.30. The third-order valence-corrected chi connectivity index (χ3v) is 7.21. The molecule has 0 aliphatic heterocycles. The molecule has 40 heavy (non-hydrogen) atoms. The zero-order valence-corrected chi connectivity index (χ0v) is 21.9. The van der Waals surface area contributed by atoms with E-state index in [1.165, 1.54) is 0 Å². The van der Waals surface area contributed by atoms with Crippen molar-refractivity contribution < 1.29 is 10.2 Å². The number of aryl methyl sites for hydroxylation is 2. The number of nitrogens with zero attached hydrogens (tertiary/aromatic N) is 4. The van der Waals surface area contributed by atoms with E-state index in [1.807, 2.05) is 98.8 Å². The third-order valence-electron chi connectivity index (χ3n) is 7.21. The number of aromatic nitrogens is 4. The fourth-order valence-electron chi connectivity index (χ4n) is 5.23. The molecule has 0 amide bonds. The van der Waals surface area contributed by atoms with Crippen molar-refractivity contribution in [2.45, 2.75) is 13.8 Å². The normalized spacial score (nSPS) is 11.4. The van der Waals surface area contributed by atoms with Crippen molar-refractivity contribution >= 4 is 65.4 Å². The summed E-state index contributed by atoms with van der Waals surface area (Å²) >= 11 is 0. The van der Waals surface area contributed by atoms with Crippen molar-refractivity contribution in [3.8, 4) is 11.5 Å². The lowest BCUT2D eigenvalue weighted by atomic mass is 10.1. The van der Waals surface area contributed by atoms with Crippen molar-refractivity contribution in [1.82, 2.24) is 19.9 Å².